The summed E-state index contributed by atoms with van der Waals surface area (Å²) in [7, 11) is 1.91. The van der Waals surface area contributed by atoms with Gasteiger partial charge in [-0.25, -0.2) is 8.78 Å². The number of nitrogens with one attached hydrogen (secondary N) is 2. The van der Waals surface area contributed by atoms with Gasteiger partial charge in [0.2, 0.25) is 5.91 Å². The molecule has 0 saturated carbocycles. The second kappa shape index (κ2) is 10.0. The molecule has 0 aliphatic heterocycles. The summed E-state index contributed by atoms with van der Waals surface area (Å²) in [5, 5.41) is 21.9. The number of nitrogens with zero attached hydrogens (tertiary/aromatic N) is 2. The molecule has 180 valence electrons. The maximum Gasteiger partial charge on any atom is 0.217 e. The lowest BCUT2D eigenvalue weighted by Gasteiger charge is -2.40. The van der Waals surface area contributed by atoms with Gasteiger partial charge in [-0.2, -0.15) is 5.10 Å². The van der Waals surface area contributed by atoms with Crippen molar-refractivity contribution in [3.05, 3.63) is 88.7 Å². The first-order valence-corrected chi connectivity index (χ1v) is 11.5. The highest BCUT2D eigenvalue weighted by Gasteiger charge is 2.38. The van der Waals surface area contributed by atoms with Gasteiger partial charge in [0.05, 0.1) is 17.8 Å². The normalized spacial score (nSPS) is 19.3. The first-order chi connectivity index (χ1) is 16.2. The van der Waals surface area contributed by atoms with Crippen LogP contribution >= 0.6 is 0 Å². The van der Waals surface area contributed by atoms with Crippen molar-refractivity contribution < 1.29 is 18.7 Å². The Bertz CT molecular complexity index is 1130. The zero-order valence-electron chi connectivity index (χ0n) is 19.4. The van der Waals surface area contributed by atoms with Crippen LogP contribution < -0.4 is 10.6 Å². The largest absolute Gasteiger partial charge is 0.390 e. The molecular weight excluding hydrogens is 438 g/mol. The Morgan fingerprint density at radius 3 is 2.59 bits per heavy atom. The standard InChI is InChI=1S/C26H30F2N4O2/c1-17(33)30-24(12-18-10-21(27)13-22(28)11-18)25(34)15-29-26(20-6-4-3-5-7-20)9-8-23-19(14-26)16-32(2)31-23/h3-7,10-11,13,16,24-25,29,34H,8-9,12,14-15H2,1-2H3,(H,30,33)/t24-,25+,26?/m0/s1. The van der Waals surface area contributed by atoms with Crippen LogP contribution in [0.4, 0.5) is 8.78 Å². The number of aliphatic hydroxyl groups is 1. The van der Waals surface area contributed by atoms with E-state index in [0.29, 0.717) is 12.0 Å². The zero-order chi connectivity index (χ0) is 24.3. The Morgan fingerprint density at radius 2 is 1.91 bits per heavy atom. The predicted molar refractivity (Wildman–Crippen MR) is 125 cm³/mol. The molecule has 3 N–H and O–H groups in total. The molecule has 1 aromatic heterocycles. The van der Waals surface area contributed by atoms with Crippen LogP contribution in [0, 0.1) is 11.6 Å². The van der Waals surface area contributed by atoms with E-state index in [1.165, 1.54) is 19.1 Å². The fourth-order valence-corrected chi connectivity index (χ4v) is 4.91. The van der Waals surface area contributed by atoms with Crippen LogP contribution in [0.2, 0.25) is 0 Å². The molecule has 3 atom stereocenters. The lowest BCUT2D eigenvalue weighted by Crippen LogP contribution is -2.54. The summed E-state index contributed by atoms with van der Waals surface area (Å²) in [5.41, 5.74) is 3.31. The SMILES string of the molecule is CC(=O)N[C@@H](Cc1cc(F)cc(F)c1)[C@H](O)CNC1(c2ccccc2)CCc2nn(C)cc2C1. The van der Waals surface area contributed by atoms with E-state index in [9.17, 15) is 18.7 Å². The van der Waals surface area contributed by atoms with E-state index in [1.807, 2.05) is 36.1 Å². The van der Waals surface area contributed by atoms with Crippen LogP contribution in [0.3, 0.4) is 0 Å². The number of hydrogen-bond donors (Lipinski definition) is 3. The second-order valence-electron chi connectivity index (χ2n) is 9.14. The Kier molecular flexibility index (Phi) is 7.09. The predicted octanol–water partition coefficient (Wildman–Crippen LogP) is 2.78. The van der Waals surface area contributed by atoms with Crippen LogP contribution in [0.5, 0.6) is 0 Å². The Morgan fingerprint density at radius 1 is 1.21 bits per heavy atom. The first-order valence-electron chi connectivity index (χ1n) is 11.5. The van der Waals surface area contributed by atoms with E-state index < -0.39 is 29.3 Å². The molecular formula is C26H30F2N4O2. The van der Waals surface area contributed by atoms with E-state index in [4.69, 9.17) is 0 Å². The minimum Gasteiger partial charge on any atom is -0.390 e. The fourth-order valence-electron chi connectivity index (χ4n) is 4.91. The molecule has 1 heterocycles. The number of halogens is 2. The van der Waals surface area contributed by atoms with Gasteiger partial charge in [-0.05, 0) is 54.5 Å². The summed E-state index contributed by atoms with van der Waals surface area (Å²) in [6.45, 7) is 1.54. The smallest absolute Gasteiger partial charge is 0.217 e. The van der Waals surface area contributed by atoms with Crippen molar-refractivity contribution in [3.8, 4) is 0 Å². The number of benzene rings is 2. The maximum absolute atomic E-state index is 13.7. The highest BCUT2D eigenvalue weighted by molar-refractivity contribution is 5.73. The number of carbonyl (C=O) groups is 1. The van der Waals surface area contributed by atoms with Gasteiger partial charge in [-0.3, -0.25) is 9.48 Å². The van der Waals surface area contributed by atoms with Gasteiger partial charge >= 0.3 is 0 Å². The molecule has 0 spiro atoms. The van der Waals surface area contributed by atoms with Gasteiger partial charge in [0.25, 0.3) is 0 Å². The van der Waals surface area contributed by atoms with Gasteiger partial charge in [-0.15, -0.1) is 0 Å². The molecule has 0 saturated heterocycles. The van der Waals surface area contributed by atoms with E-state index in [1.54, 1.807) is 0 Å². The molecule has 34 heavy (non-hydrogen) atoms. The third-order valence-corrected chi connectivity index (χ3v) is 6.48. The van der Waals surface area contributed by atoms with Crippen molar-refractivity contribution >= 4 is 5.91 Å². The number of fused-ring (bicyclic) bond motifs is 1. The van der Waals surface area contributed by atoms with Gasteiger partial charge in [0.15, 0.2) is 0 Å². The third kappa shape index (κ3) is 5.51. The summed E-state index contributed by atoms with van der Waals surface area (Å²) in [6.07, 6.45) is 3.46. The van der Waals surface area contributed by atoms with Crippen LogP contribution in [0.25, 0.3) is 0 Å². The zero-order valence-corrected chi connectivity index (χ0v) is 19.4. The van der Waals surface area contributed by atoms with Crippen LogP contribution in [0.1, 0.15) is 35.7 Å². The summed E-state index contributed by atoms with van der Waals surface area (Å²) < 4.78 is 29.2. The van der Waals surface area contributed by atoms with Crippen molar-refractivity contribution in [3.63, 3.8) is 0 Å². The third-order valence-electron chi connectivity index (χ3n) is 6.48. The number of aromatic nitrogens is 2. The minimum absolute atomic E-state index is 0.0994. The van der Waals surface area contributed by atoms with Gasteiger partial charge in [0.1, 0.15) is 11.6 Å². The first kappa shape index (κ1) is 24.0. The van der Waals surface area contributed by atoms with Crippen molar-refractivity contribution in [2.24, 2.45) is 7.05 Å². The average Bonchev–Trinajstić information content (AvgIpc) is 3.15. The molecule has 4 rings (SSSR count). The number of hydrogen-bond acceptors (Lipinski definition) is 4. The van der Waals surface area contributed by atoms with Crippen molar-refractivity contribution in [2.75, 3.05) is 6.54 Å². The fraction of sp³-hybridized carbons (Fsp3) is 0.385. The average molecular weight is 469 g/mol. The monoisotopic (exact) mass is 468 g/mol. The molecule has 8 heteroatoms. The van der Waals surface area contributed by atoms with Gasteiger partial charge < -0.3 is 15.7 Å². The van der Waals surface area contributed by atoms with E-state index in [-0.39, 0.29) is 18.9 Å². The Labute approximate surface area is 198 Å². The molecule has 0 bridgehead atoms. The molecule has 6 nitrogen and oxygen atoms in total. The van der Waals surface area contributed by atoms with E-state index in [2.05, 4.69) is 27.9 Å². The van der Waals surface area contributed by atoms with Crippen LogP contribution in [-0.4, -0.2) is 39.5 Å². The number of aliphatic hydroxyl groups excluding tert-OH is 1. The highest BCUT2D eigenvalue weighted by Crippen LogP contribution is 2.36. The van der Waals surface area contributed by atoms with Crippen molar-refractivity contribution in [1.82, 2.24) is 20.4 Å². The second-order valence-corrected chi connectivity index (χ2v) is 9.14. The summed E-state index contributed by atoms with van der Waals surface area (Å²) in [4.78, 5) is 11.8. The summed E-state index contributed by atoms with van der Waals surface area (Å²) in [5.74, 6) is -1.71. The number of rotatable bonds is 8. The number of amides is 1. The topological polar surface area (TPSA) is 79.2 Å². The van der Waals surface area contributed by atoms with Crippen LogP contribution in [-0.2, 0) is 36.6 Å². The summed E-state index contributed by atoms with van der Waals surface area (Å²) >= 11 is 0. The van der Waals surface area contributed by atoms with Crippen LogP contribution in [0.15, 0.2) is 54.7 Å². The quantitative estimate of drug-likeness (QED) is 0.475. The van der Waals surface area contributed by atoms with E-state index >= 15 is 0 Å². The molecule has 2 aromatic carbocycles. The molecule has 1 aliphatic carbocycles. The maximum atomic E-state index is 13.7. The van der Waals surface area contributed by atoms with Crippen molar-refractivity contribution in [1.29, 1.82) is 0 Å². The molecule has 1 unspecified atom stereocenters. The Hall–Kier alpha value is -3.10. The summed E-state index contributed by atoms with van der Waals surface area (Å²) in [6, 6.07) is 12.6. The molecule has 1 amide bonds. The molecule has 3 aromatic rings. The Balaban J connectivity index is 1.55. The molecule has 0 fully saturated rings. The van der Waals surface area contributed by atoms with Gasteiger partial charge in [0, 0.05) is 38.3 Å². The lowest BCUT2D eigenvalue weighted by atomic mass is 9.75. The lowest BCUT2D eigenvalue weighted by molar-refractivity contribution is -0.120. The van der Waals surface area contributed by atoms with Gasteiger partial charge in [-0.1, -0.05) is 30.3 Å². The number of aryl methyl sites for hydroxylation is 2. The van der Waals surface area contributed by atoms with E-state index in [0.717, 1.165) is 35.7 Å². The highest BCUT2D eigenvalue weighted by atomic mass is 19.1. The minimum atomic E-state index is -0.980. The van der Waals surface area contributed by atoms with Crippen molar-refractivity contribution in [2.45, 2.75) is 50.3 Å². The number of carbonyl (C=O) groups excluding carboxylic acids is 1. The molecule has 0 radical (unpaired) electrons. The molecule has 1 aliphatic rings.